The molecule has 2 atom stereocenters. The zero-order valence-electron chi connectivity index (χ0n) is 11.0. The minimum absolute atomic E-state index is 0.747. The summed E-state index contributed by atoms with van der Waals surface area (Å²) in [7, 11) is 0. The highest BCUT2D eigenvalue weighted by atomic mass is 14.4. The van der Waals surface area contributed by atoms with E-state index in [0.29, 0.717) is 0 Å². The fraction of sp³-hybridized carbons (Fsp3) is 0.333. The topological polar surface area (TPSA) is 0 Å². The number of hydrogen-bond donors (Lipinski definition) is 0. The lowest BCUT2D eigenvalue weighted by molar-refractivity contribution is 0.598. The molecule has 2 aromatic carbocycles. The number of rotatable bonds is 1. The van der Waals surface area contributed by atoms with Gasteiger partial charge in [0.1, 0.15) is 0 Å². The second-order valence-electron chi connectivity index (χ2n) is 5.96. The molecule has 2 aliphatic rings. The molecule has 0 heterocycles. The highest BCUT2D eigenvalue weighted by Crippen LogP contribution is 2.50. The lowest BCUT2D eigenvalue weighted by Crippen LogP contribution is -2.26. The van der Waals surface area contributed by atoms with Gasteiger partial charge in [0.15, 0.2) is 0 Å². The van der Waals surface area contributed by atoms with Crippen LogP contribution in [0.25, 0.3) is 11.1 Å². The van der Waals surface area contributed by atoms with Crippen molar-refractivity contribution in [3.05, 3.63) is 58.7 Å². The first-order valence-electron chi connectivity index (χ1n) is 6.99. The van der Waals surface area contributed by atoms with Gasteiger partial charge < -0.3 is 0 Å². The monoisotopic (exact) mass is 234 g/mol. The molecule has 2 aromatic rings. The van der Waals surface area contributed by atoms with E-state index in [-0.39, 0.29) is 0 Å². The van der Waals surface area contributed by atoms with Crippen molar-refractivity contribution in [3.63, 3.8) is 0 Å². The molecule has 0 fully saturated rings. The van der Waals surface area contributed by atoms with E-state index in [1.54, 1.807) is 22.3 Å². The molecular formula is C18H18. The first-order chi connectivity index (χ1) is 8.75. The first kappa shape index (κ1) is 10.4. The van der Waals surface area contributed by atoms with E-state index in [9.17, 15) is 0 Å². The van der Waals surface area contributed by atoms with Crippen LogP contribution in [-0.4, -0.2) is 0 Å². The molecule has 0 saturated carbocycles. The molecular weight excluding hydrogens is 216 g/mol. The van der Waals surface area contributed by atoms with Gasteiger partial charge >= 0.3 is 0 Å². The molecule has 0 bridgehead atoms. The minimum atomic E-state index is 0.747. The van der Waals surface area contributed by atoms with E-state index in [0.717, 1.165) is 11.8 Å². The highest BCUT2D eigenvalue weighted by molar-refractivity contribution is 5.76. The van der Waals surface area contributed by atoms with Gasteiger partial charge in [-0.3, -0.25) is 0 Å². The molecule has 2 aliphatic carbocycles. The van der Waals surface area contributed by atoms with Crippen LogP contribution in [0.5, 0.6) is 0 Å². The molecule has 2 unspecified atom stereocenters. The molecule has 0 N–H and O–H groups in total. The Morgan fingerprint density at radius 2 is 1.61 bits per heavy atom. The largest absolute Gasteiger partial charge is 0.0622 e. The number of fused-ring (bicyclic) bond motifs is 3. The summed E-state index contributed by atoms with van der Waals surface area (Å²) < 4.78 is 0. The molecule has 0 radical (unpaired) electrons. The van der Waals surface area contributed by atoms with Crippen LogP contribution in [0.4, 0.5) is 0 Å². The third kappa shape index (κ3) is 1.21. The fourth-order valence-corrected chi connectivity index (χ4v) is 3.72. The molecule has 0 saturated heterocycles. The van der Waals surface area contributed by atoms with Gasteiger partial charge in [0.2, 0.25) is 0 Å². The van der Waals surface area contributed by atoms with Crippen molar-refractivity contribution < 1.29 is 0 Å². The Labute approximate surface area is 109 Å². The number of hydrogen-bond acceptors (Lipinski definition) is 0. The van der Waals surface area contributed by atoms with E-state index in [1.165, 1.54) is 24.0 Å². The maximum atomic E-state index is 2.47. The Morgan fingerprint density at radius 1 is 0.889 bits per heavy atom. The zero-order valence-corrected chi connectivity index (χ0v) is 11.0. The molecule has 0 heteroatoms. The molecule has 0 nitrogen and oxygen atoms in total. The standard InChI is InChI=1S/C18H18/c1-11-8-16-14(11)10-15(13-6-4-3-5-7-13)18-12(2)9-17(16)18/h3-7,10-12H,8-9H2,1-2H3. The Balaban J connectivity index is 1.96. The molecule has 4 rings (SSSR count). The maximum Gasteiger partial charge on any atom is -0.0141 e. The van der Waals surface area contributed by atoms with E-state index in [4.69, 9.17) is 0 Å². The van der Waals surface area contributed by atoms with Crippen molar-refractivity contribution in [2.24, 2.45) is 0 Å². The van der Waals surface area contributed by atoms with Gasteiger partial charge in [0.05, 0.1) is 0 Å². The zero-order chi connectivity index (χ0) is 12.3. The molecule has 0 aromatic heterocycles. The van der Waals surface area contributed by atoms with Gasteiger partial charge in [0, 0.05) is 0 Å². The van der Waals surface area contributed by atoms with Crippen LogP contribution < -0.4 is 0 Å². The third-order valence-corrected chi connectivity index (χ3v) is 4.76. The molecule has 0 aliphatic heterocycles. The lowest BCUT2D eigenvalue weighted by Gasteiger charge is -2.40. The molecule has 18 heavy (non-hydrogen) atoms. The van der Waals surface area contributed by atoms with Crippen molar-refractivity contribution in [2.45, 2.75) is 38.5 Å². The summed E-state index contributed by atoms with van der Waals surface area (Å²) in [6, 6.07) is 13.4. The summed E-state index contributed by atoms with van der Waals surface area (Å²) in [5, 5.41) is 0. The summed E-state index contributed by atoms with van der Waals surface area (Å²) in [6.45, 7) is 4.72. The molecule has 0 amide bonds. The second kappa shape index (κ2) is 3.47. The van der Waals surface area contributed by atoms with Crippen molar-refractivity contribution in [2.75, 3.05) is 0 Å². The van der Waals surface area contributed by atoms with Crippen LogP contribution in [0.2, 0.25) is 0 Å². The first-order valence-corrected chi connectivity index (χ1v) is 6.99. The second-order valence-corrected chi connectivity index (χ2v) is 5.96. The smallest absolute Gasteiger partial charge is 0.0141 e. The van der Waals surface area contributed by atoms with Gasteiger partial charge in [-0.2, -0.15) is 0 Å². The van der Waals surface area contributed by atoms with Crippen LogP contribution in [0.3, 0.4) is 0 Å². The van der Waals surface area contributed by atoms with Crippen molar-refractivity contribution in [3.8, 4) is 11.1 Å². The van der Waals surface area contributed by atoms with Crippen LogP contribution in [0.15, 0.2) is 36.4 Å². The van der Waals surface area contributed by atoms with Crippen molar-refractivity contribution >= 4 is 0 Å². The van der Waals surface area contributed by atoms with Crippen LogP contribution in [0, 0.1) is 0 Å². The van der Waals surface area contributed by atoms with Gasteiger partial charge in [-0.1, -0.05) is 50.2 Å². The quantitative estimate of drug-likeness (QED) is 0.672. The van der Waals surface area contributed by atoms with Crippen LogP contribution >= 0.6 is 0 Å². The normalized spacial score (nSPS) is 23.7. The average molecular weight is 234 g/mol. The van der Waals surface area contributed by atoms with Gasteiger partial charge in [0.25, 0.3) is 0 Å². The Hall–Kier alpha value is -1.56. The maximum absolute atomic E-state index is 2.47. The minimum Gasteiger partial charge on any atom is -0.0622 e. The molecule has 0 spiro atoms. The summed E-state index contributed by atoms with van der Waals surface area (Å²) in [5.74, 6) is 1.51. The Kier molecular flexibility index (Phi) is 2.00. The third-order valence-electron chi connectivity index (χ3n) is 4.76. The average Bonchev–Trinajstić information content (AvgIpc) is 2.38. The Morgan fingerprint density at radius 3 is 2.28 bits per heavy atom. The Bertz CT molecular complexity index is 622. The van der Waals surface area contributed by atoms with Crippen molar-refractivity contribution in [1.82, 2.24) is 0 Å². The summed E-state index contributed by atoms with van der Waals surface area (Å²) in [4.78, 5) is 0. The predicted octanol–water partition coefficient (Wildman–Crippen LogP) is 4.67. The van der Waals surface area contributed by atoms with Crippen molar-refractivity contribution in [1.29, 1.82) is 0 Å². The molecule has 90 valence electrons. The van der Waals surface area contributed by atoms with E-state index < -0.39 is 0 Å². The van der Waals surface area contributed by atoms with Gasteiger partial charge in [-0.25, -0.2) is 0 Å². The van der Waals surface area contributed by atoms with E-state index >= 15 is 0 Å². The van der Waals surface area contributed by atoms with Crippen LogP contribution in [0.1, 0.15) is 47.9 Å². The number of benzene rings is 2. The summed E-state index contributed by atoms with van der Waals surface area (Å²) in [6.07, 6.45) is 2.60. The SMILES string of the molecule is CC1Cc2c1cc(-c1ccccc1)c1c2CC1C. The summed E-state index contributed by atoms with van der Waals surface area (Å²) >= 11 is 0. The van der Waals surface area contributed by atoms with E-state index in [1.807, 2.05) is 0 Å². The summed E-state index contributed by atoms with van der Waals surface area (Å²) in [5.41, 5.74) is 9.48. The lowest BCUT2D eigenvalue weighted by atomic mass is 9.64. The van der Waals surface area contributed by atoms with Crippen LogP contribution in [-0.2, 0) is 12.8 Å². The predicted molar refractivity (Wildman–Crippen MR) is 76.1 cm³/mol. The van der Waals surface area contributed by atoms with E-state index in [2.05, 4.69) is 50.2 Å². The fourth-order valence-electron chi connectivity index (χ4n) is 3.72. The van der Waals surface area contributed by atoms with Gasteiger partial charge in [-0.15, -0.1) is 0 Å². The highest BCUT2D eigenvalue weighted by Gasteiger charge is 2.35. The van der Waals surface area contributed by atoms with Gasteiger partial charge in [-0.05, 0) is 58.1 Å².